The molecule has 0 aromatic heterocycles. The molecule has 74 valence electrons. The van der Waals surface area contributed by atoms with Gasteiger partial charge in [-0.05, 0) is 17.8 Å². The van der Waals surface area contributed by atoms with Crippen LogP contribution in [0, 0.1) is 17.8 Å². The SMILES string of the molecule is CC(C)[C@@H](C)C1CCCCC1.S. The summed E-state index contributed by atoms with van der Waals surface area (Å²) in [5.74, 6) is 2.89. The zero-order valence-corrected chi connectivity index (χ0v) is 9.77. The molecule has 1 aliphatic carbocycles. The molecule has 0 unspecified atom stereocenters. The van der Waals surface area contributed by atoms with Crippen LogP contribution < -0.4 is 0 Å². The van der Waals surface area contributed by atoms with Gasteiger partial charge in [-0.1, -0.05) is 52.9 Å². The third-order valence-corrected chi connectivity index (χ3v) is 3.44. The fourth-order valence-electron chi connectivity index (χ4n) is 2.20. The molecule has 0 radical (unpaired) electrons. The Bertz CT molecular complexity index is 104. The zero-order chi connectivity index (χ0) is 8.27. The first-order valence-corrected chi connectivity index (χ1v) is 5.22. The molecule has 1 heteroatoms. The van der Waals surface area contributed by atoms with Gasteiger partial charge in [-0.15, -0.1) is 0 Å². The lowest BCUT2D eigenvalue weighted by molar-refractivity contribution is 0.213. The van der Waals surface area contributed by atoms with Crippen molar-refractivity contribution in [2.75, 3.05) is 0 Å². The highest BCUT2D eigenvalue weighted by atomic mass is 32.1. The van der Waals surface area contributed by atoms with Gasteiger partial charge < -0.3 is 0 Å². The summed E-state index contributed by atoms with van der Waals surface area (Å²) in [6.45, 7) is 7.15. The van der Waals surface area contributed by atoms with Crippen LogP contribution in [-0.2, 0) is 0 Å². The number of rotatable bonds is 2. The molecule has 0 aliphatic heterocycles. The predicted molar refractivity (Wildman–Crippen MR) is 61.0 cm³/mol. The van der Waals surface area contributed by atoms with Crippen LogP contribution in [-0.4, -0.2) is 0 Å². The van der Waals surface area contributed by atoms with Gasteiger partial charge in [0, 0.05) is 0 Å². The molecule has 1 atom stereocenters. The first-order chi connectivity index (χ1) is 5.22. The van der Waals surface area contributed by atoms with Gasteiger partial charge in [-0.2, -0.15) is 13.5 Å². The van der Waals surface area contributed by atoms with Gasteiger partial charge in [0.25, 0.3) is 0 Å². The average Bonchev–Trinajstić information content (AvgIpc) is 2.05. The molecule has 0 aromatic rings. The lowest BCUT2D eigenvalue weighted by atomic mass is 9.76. The van der Waals surface area contributed by atoms with Crippen LogP contribution >= 0.6 is 13.5 Å². The zero-order valence-electron chi connectivity index (χ0n) is 8.77. The minimum Gasteiger partial charge on any atom is -0.197 e. The lowest BCUT2D eigenvalue weighted by Gasteiger charge is -2.30. The van der Waals surface area contributed by atoms with Crippen LogP contribution in [0.5, 0.6) is 0 Å². The Morgan fingerprint density at radius 3 is 1.83 bits per heavy atom. The van der Waals surface area contributed by atoms with E-state index in [0.717, 1.165) is 17.8 Å². The Balaban J connectivity index is 0.00000121. The van der Waals surface area contributed by atoms with E-state index in [0.29, 0.717) is 0 Å². The van der Waals surface area contributed by atoms with E-state index in [4.69, 9.17) is 0 Å². The molecule has 0 spiro atoms. The minimum absolute atomic E-state index is 0. The quantitative estimate of drug-likeness (QED) is 0.615. The van der Waals surface area contributed by atoms with Crippen LogP contribution in [0.25, 0.3) is 0 Å². The molecule has 0 nitrogen and oxygen atoms in total. The molecule has 1 fully saturated rings. The molecule has 0 bridgehead atoms. The average molecular weight is 188 g/mol. The summed E-state index contributed by atoms with van der Waals surface area (Å²) in [6, 6.07) is 0. The summed E-state index contributed by atoms with van der Waals surface area (Å²) in [5, 5.41) is 0. The van der Waals surface area contributed by atoms with Gasteiger partial charge >= 0.3 is 0 Å². The van der Waals surface area contributed by atoms with E-state index in [1.165, 1.54) is 32.1 Å². The van der Waals surface area contributed by atoms with Crippen LogP contribution in [0.15, 0.2) is 0 Å². The summed E-state index contributed by atoms with van der Waals surface area (Å²) in [4.78, 5) is 0. The van der Waals surface area contributed by atoms with Gasteiger partial charge in [0.15, 0.2) is 0 Å². The Hall–Kier alpha value is 0.350. The van der Waals surface area contributed by atoms with E-state index in [9.17, 15) is 0 Å². The minimum atomic E-state index is 0. The molecule has 12 heavy (non-hydrogen) atoms. The largest absolute Gasteiger partial charge is 0.197 e. The van der Waals surface area contributed by atoms with E-state index in [-0.39, 0.29) is 13.5 Å². The topological polar surface area (TPSA) is 0 Å². The maximum absolute atomic E-state index is 2.43. The summed E-state index contributed by atoms with van der Waals surface area (Å²) in [7, 11) is 0. The van der Waals surface area contributed by atoms with Crippen LogP contribution in [0.2, 0.25) is 0 Å². The first-order valence-electron chi connectivity index (χ1n) is 5.22. The molecule has 0 heterocycles. The second kappa shape index (κ2) is 5.90. The van der Waals surface area contributed by atoms with Crippen molar-refractivity contribution in [1.29, 1.82) is 0 Å². The van der Waals surface area contributed by atoms with Crippen LogP contribution in [0.3, 0.4) is 0 Å². The Morgan fingerprint density at radius 2 is 1.42 bits per heavy atom. The molecular formula is C11H24S. The van der Waals surface area contributed by atoms with E-state index in [2.05, 4.69) is 20.8 Å². The van der Waals surface area contributed by atoms with Crippen molar-refractivity contribution in [3.8, 4) is 0 Å². The molecule has 1 aliphatic rings. The molecule has 1 saturated carbocycles. The van der Waals surface area contributed by atoms with E-state index >= 15 is 0 Å². The van der Waals surface area contributed by atoms with Crippen molar-refractivity contribution in [3.63, 3.8) is 0 Å². The van der Waals surface area contributed by atoms with E-state index in [1.807, 2.05) is 0 Å². The standard InChI is InChI=1S/C11H22.H2S/c1-9(2)10(3)11-7-5-4-6-8-11;/h9-11H,4-8H2,1-3H3;1H2/t10-;/m1./s1. The van der Waals surface area contributed by atoms with Crippen molar-refractivity contribution >= 4 is 13.5 Å². The molecule has 0 amide bonds. The Morgan fingerprint density at radius 1 is 0.917 bits per heavy atom. The highest BCUT2D eigenvalue weighted by Gasteiger charge is 2.21. The highest BCUT2D eigenvalue weighted by molar-refractivity contribution is 7.59. The van der Waals surface area contributed by atoms with Gasteiger partial charge in [0.2, 0.25) is 0 Å². The molecule has 0 saturated heterocycles. The summed E-state index contributed by atoms with van der Waals surface area (Å²) in [5.41, 5.74) is 0. The summed E-state index contributed by atoms with van der Waals surface area (Å²) in [6.07, 6.45) is 7.46. The molecule has 0 N–H and O–H groups in total. The smallest absolute Gasteiger partial charge is 0.0386 e. The van der Waals surface area contributed by atoms with Gasteiger partial charge in [-0.3, -0.25) is 0 Å². The van der Waals surface area contributed by atoms with Crippen molar-refractivity contribution in [3.05, 3.63) is 0 Å². The van der Waals surface area contributed by atoms with E-state index in [1.54, 1.807) is 0 Å². The van der Waals surface area contributed by atoms with Gasteiger partial charge in [0.05, 0.1) is 0 Å². The van der Waals surface area contributed by atoms with Crippen LogP contribution in [0.4, 0.5) is 0 Å². The maximum atomic E-state index is 2.43. The van der Waals surface area contributed by atoms with Gasteiger partial charge in [-0.25, -0.2) is 0 Å². The van der Waals surface area contributed by atoms with Crippen molar-refractivity contribution < 1.29 is 0 Å². The normalized spacial score (nSPS) is 22.0. The summed E-state index contributed by atoms with van der Waals surface area (Å²) >= 11 is 0. The maximum Gasteiger partial charge on any atom is -0.0386 e. The van der Waals surface area contributed by atoms with Crippen molar-refractivity contribution in [2.24, 2.45) is 17.8 Å². The third kappa shape index (κ3) is 3.38. The number of hydrogen-bond acceptors (Lipinski definition) is 0. The van der Waals surface area contributed by atoms with Crippen molar-refractivity contribution in [2.45, 2.75) is 52.9 Å². The fraction of sp³-hybridized carbons (Fsp3) is 1.00. The monoisotopic (exact) mass is 188 g/mol. The molecule has 0 aromatic carbocycles. The third-order valence-electron chi connectivity index (χ3n) is 3.44. The van der Waals surface area contributed by atoms with Gasteiger partial charge in [0.1, 0.15) is 0 Å². The number of hydrogen-bond donors (Lipinski definition) is 0. The van der Waals surface area contributed by atoms with E-state index < -0.39 is 0 Å². The molecular weight excluding hydrogens is 164 g/mol. The molecule has 1 rings (SSSR count). The predicted octanol–water partition coefficient (Wildman–Crippen LogP) is 3.97. The Labute approximate surface area is 84.6 Å². The summed E-state index contributed by atoms with van der Waals surface area (Å²) < 4.78 is 0. The highest BCUT2D eigenvalue weighted by Crippen LogP contribution is 2.33. The van der Waals surface area contributed by atoms with Crippen molar-refractivity contribution in [1.82, 2.24) is 0 Å². The fourth-order valence-corrected chi connectivity index (χ4v) is 2.20. The second-order valence-electron chi connectivity index (χ2n) is 4.50. The van der Waals surface area contributed by atoms with Crippen LogP contribution in [0.1, 0.15) is 52.9 Å². The lowest BCUT2D eigenvalue weighted by Crippen LogP contribution is -2.19. The Kier molecular flexibility index (Phi) is 6.08. The second-order valence-corrected chi connectivity index (χ2v) is 4.50. The first kappa shape index (κ1) is 12.3.